The third-order valence-corrected chi connectivity index (χ3v) is 36.9. The predicted octanol–water partition coefficient (Wildman–Crippen LogP) is 0.0469. The van der Waals surface area contributed by atoms with Crippen LogP contribution in [-0.4, -0.2) is 75.7 Å². The lowest BCUT2D eigenvalue weighted by atomic mass is 11.9. The van der Waals surface area contributed by atoms with E-state index in [9.17, 15) is 4.80 Å². The third-order valence-electron chi connectivity index (χ3n) is 4.11. The van der Waals surface area contributed by atoms with Crippen molar-refractivity contribution in [2.75, 3.05) is 0 Å². The molecule has 0 amide bonds. The van der Waals surface area contributed by atoms with Crippen molar-refractivity contribution >= 4 is 70.9 Å². The molecule has 0 radical (unpaired) electrons. The summed E-state index contributed by atoms with van der Waals surface area (Å²) in [5.41, 5.74) is 0. The zero-order valence-corrected chi connectivity index (χ0v) is 25.2. The Balaban J connectivity index is 1.93. The lowest BCUT2D eigenvalue weighted by Gasteiger charge is -2.56. The Labute approximate surface area is 173 Å². The summed E-state index contributed by atoms with van der Waals surface area (Å²) >= 11 is 0. The molecule has 7 unspecified atom stereocenters. The molecule has 4 fully saturated rings. The highest BCUT2D eigenvalue weighted by atomic mass is 28.6. The van der Waals surface area contributed by atoms with E-state index in [0.29, 0.717) is 0 Å². The van der Waals surface area contributed by atoms with Crippen LogP contribution in [0.5, 0.6) is 0 Å². The first-order valence-corrected chi connectivity index (χ1v) is 26.6. The molecule has 28 heavy (non-hydrogen) atoms. The largest absolute Gasteiger partial charge is 0.480 e. The van der Waals surface area contributed by atoms with Gasteiger partial charge in [-0.2, -0.15) is 0 Å². The minimum Gasteiger partial charge on any atom is -0.397 e. The van der Waals surface area contributed by atoms with Gasteiger partial charge in [-0.25, -0.2) is 0 Å². The van der Waals surface area contributed by atoms with E-state index in [-0.39, 0.29) is 0 Å². The summed E-state index contributed by atoms with van der Waals surface area (Å²) in [7, 11) is -26.8. The van der Waals surface area contributed by atoms with Gasteiger partial charge in [-0.15, -0.1) is 0 Å². The first-order chi connectivity index (χ1) is 12.5. The highest BCUT2D eigenvalue weighted by Gasteiger charge is 2.73. The van der Waals surface area contributed by atoms with Crippen LogP contribution in [0, 0.1) is 0 Å². The van der Waals surface area contributed by atoms with E-state index in [1.807, 2.05) is 6.55 Å². The van der Waals surface area contributed by atoms with Gasteiger partial charge in [0, 0.05) is 45.8 Å². The van der Waals surface area contributed by atoms with E-state index in [1.165, 1.54) is 6.55 Å². The highest BCUT2D eigenvalue weighted by Crippen LogP contribution is 2.43. The molecule has 4 heterocycles. The lowest BCUT2D eigenvalue weighted by Crippen LogP contribution is -2.81. The van der Waals surface area contributed by atoms with E-state index >= 15 is 0 Å². The zero-order valence-electron chi connectivity index (χ0n) is 17.0. The maximum atomic E-state index is 10.9. The molecule has 6 bridgehead atoms. The van der Waals surface area contributed by atoms with Crippen molar-refractivity contribution < 1.29 is 50.1 Å². The van der Waals surface area contributed by atoms with Crippen LogP contribution in [0.25, 0.3) is 0 Å². The quantitative estimate of drug-likeness (QED) is 0.419. The molecule has 4 aliphatic heterocycles. The minimum absolute atomic E-state index is 1.47. The smallest absolute Gasteiger partial charge is 0.397 e. The fraction of sp³-hybridized carbons (Fsp3) is 1.00. The Bertz CT molecular complexity index is 617. The van der Waals surface area contributed by atoms with Crippen LogP contribution in [0.3, 0.4) is 0 Å². The van der Waals surface area contributed by atoms with Crippen LogP contribution >= 0.6 is 0 Å². The summed E-state index contributed by atoms with van der Waals surface area (Å²) in [5, 5.41) is 0. The molecular weight excluding hydrogens is 513 g/mol. The molecule has 0 aromatic carbocycles. The molecule has 0 saturated carbocycles. The molecule has 0 aliphatic carbocycles. The fourth-order valence-corrected chi connectivity index (χ4v) is 44.5. The van der Waals surface area contributed by atoms with E-state index in [0.717, 1.165) is 0 Å². The molecule has 20 heteroatoms. The molecule has 0 spiro atoms. The first-order valence-electron chi connectivity index (χ1n) is 8.85. The molecule has 8 atom stereocenters. The second kappa shape index (κ2) is 6.40. The Kier molecular flexibility index (Phi) is 5.13. The molecular formula is C8H26O12Si8. The van der Waals surface area contributed by atoms with Crippen LogP contribution in [0.1, 0.15) is 0 Å². The monoisotopic (exact) mass is 538 g/mol. The van der Waals surface area contributed by atoms with Crippen LogP contribution in [0.4, 0.5) is 0 Å². The van der Waals surface area contributed by atoms with E-state index < -0.39 is 70.9 Å². The van der Waals surface area contributed by atoms with E-state index in [4.69, 9.17) is 45.3 Å². The summed E-state index contributed by atoms with van der Waals surface area (Å²) in [6.45, 7) is 13.5. The summed E-state index contributed by atoms with van der Waals surface area (Å²) in [5.74, 6) is 0. The average molecular weight is 539 g/mol. The van der Waals surface area contributed by atoms with Gasteiger partial charge in [0.05, 0.1) is 0 Å². The SMILES string of the molecule is C[SiH]1O[Si]2(C)O[Si]3(C)O[Si](C)(O)O[Si@@]4(C)O[Si](C)(O1)O[Si](C)(O2)O[Si](C)(O3)O4. The molecule has 0 aromatic rings. The second-order valence-corrected chi connectivity index (χ2v) is 30.3. The third kappa shape index (κ3) is 4.41. The van der Waals surface area contributed by atoms with Gasteiger partial charge in [0.2, 0.25) is 0 Å². The molecule has 0 aromatic heterocycles. The molecule has 4 aliphatic rings. The highest BCUT2D eigenvalue weighted by molar-refractivity contribution is 6.98. The van der Waals surface area contributed by atoms with E-state index in [1.54, 1.807) is 39.3 Å². The zero-order chi connectivity index (χ0) is 20.9. The van der Waals surface area contributed by atoms with Crippen LogP contribution < -0.4 is 0 Å². The normalized spacial score (nSPS) is 62.2. The van der Waals surface area contributed by atoms with Gasteiger partial charge >= 0.3 is 70.9 Å². The van der Waals surface area contributed by atoms with Crippen molar-refractivity contribution in [3.8, 4) is 0 Å². The Morgan fingerprint density at radius 3 is 1.04 bits per heavy atom. The van der Waals surface area contributed by atoms with Gasteiger partial charge in [-0.3, -0.25) is 0 Å². The summed E-state index contributed by atoms with van der Waals surface area (Å²) in [4.78, 5) is 10.9. The molecule has 12 nitrogen and oxygen atoms in total. The van der Waals surface area contributed by atoms with Gasteiger partial charge in [-0.05, 0) is 6.55 Å². The summed E-state index contributed by atoms with van der Waals surface area (Å²) in [6, 6.07) is 0. The van der Waals surface area contributed by atoms with Gasteiger partial charge in [0.15, 0.2) is 0 Å². The summed E-state index contributed by atoms with van der Waals surface area (Å²) < 4.78 is 68.5. The van der Waals surface area contributed by atoms with Crippen LogP contribution in [-0.2, 0) is 45.3 Å². The van der Waals surface area contributed by atoms with Crippen LogP contribution in [0.15, 0.2) is 0 Å². The number of hydrogen-bond acceptors (Lipinski definition) is 12. The maximum absolute atomic E-state index is 10.9. The lowest BCUT2D eigenvalue weighted by molar-refractivity contribution is 0.0138. The van der Waals surface area contributed by atoms with Crippen molar-refractivity contribution in [3.05, 3.63) is 0 Å². The Morgan fingerprint density at radius 2 is 0.714 bits per heavy atom. The molecule has 4 saturated heterocycles. The Hall–Kier alpha value is 1.26. The van der Waals surface area contributed by atoms with Gasteiger partial charge in [0.1, 0.15) is 0 Å². The van der Waals surface area contributed by atoms with Crippen molar-refractivity contribution in [1.29, 1.82) is 0 Å². The fourth-order valence-electron chi connectivity index (χ4n) is 4.08. The standard InChI is InChI=1S/C8H26O12Si8/c1-21-10-23(3)14-25(5)12-22(2,9)13-26(6)15-24(4,11-21)17-27(7,16-23)20-28(8,18-25)19-26/h9,21H,1-8H3/t21?,22?,23?,24?,25-,26?,27?,28?/m0/s1. The van der Waals surface area contributed by atoms with Crippen molar-refractivity contribution in [3.63, 3.8) is 0 Å². The Morgan fingerprint density at radius 1 is 0.464 bits per heavy atom. The van der Waals surface area contributed by atoms with Crippen molar-refractivity contribution in [2.24, 2.45) is 0 Å². The number of fused-ring (bicyclic) bond motifs is 4. The van der Waals surface area contributed by atoms with Gasteiger partial charge < -0.3 is 50.1 Å². The first kappa shape index (κ1) is 22.4. The van der Waals surface area contributed by atoms with Gasteiger partial charge in [-0.1, -0.05) is 0 Å². The second-order valence-electron chi connectivity index (χ2n) is 7.79. The number of rotatable bonds is 0. The number of hydrogen-bond donors (Lipinski definition) is 1. The topological polar surface area (TPSA) is 122 Å². The minimum atomic E-state index is -3.77. The van der Waals surface area contributed by atoms with E-state index in [2.05, 4.69) is 0 Å². The molecule has 4 rings (SSSR count). The van der Waals surface area contributed by atoms with Crippen LogP contribution in [0.2, 0.25) is 52.4 Å². The summed E-state index contributed by atoms with van der Waals surface area (Å²) in [6.07, 6.45) is 0. The molecule has 162 valence electrons. The van der Waals surface area contributed by atoms with Gasteiger partial charge in [0.25, 0.3) is 0 Å². The maximum Gasteiger partial charge on any atom is 0.480 e. The predicted molar refractivity (Wildman–Crippen MR) is 108 cm³/mol. The molecule has 1 N–H and O–H groups in total. The van der Waals surface area contributed by atoms with Crippen molar-refractivity contribution in [1.82, 2.24) is 0 Å². The van der Waals surface area contributed by atoms with Crippen molar-refractivity contribution in [2.45, 2.75) is 52.4 Å². The average Bonchev–Trinajstić information content (AvgIpc) is 2.24.